The summed E-state index contributed by atoms with van der Waals surface area (Å²) in [6.45, 7) is 2.19. The van der Waals surface area contributed by atoms with Gasteiger partial charge >= 0.3 is 5.97 Å². The molecule has 98 valence electrons. The van der Waals surface area contributed by atoms with E-state index in [0.717, 1.165) is 11.1 Å². The number of ether oxygens (including phenoxy) is 1. The van der Waals surface area contributed by atoms with E-state index in [-0.39, 0.29) is 30.3 Å². The van der Waals surface area contributed by atoms with Crippen molar-refractivity contribution >= 4 is 11.9 Å². The first-order chi connectivity index (χ1) is 8.56. The second-order valence-corrected chi connectivity index (χ2v) is 4.14. The highest BCUT2D eigenvalue weighted by molar-refractivity contribution is 5.92. The van der Waals surface area contributed by atoms with Crippen molar-refractivity contribution in [3.63, 3.8) is 0 Å². The van der Waals surface area contributed by atoms with E-state index in [1.807, 2.05) is 6.92 Å². The molecule has 0 bridgehead atoms. The van der Waals surface area contributed by atoms with Gasteiger partial charge in [-0.15, -0.1) is 5.10 Å². The van der Waals surface area contributed by atoms with Crippen LogP contribution in [-0.2, 0) is 16.1 Å². The Labute approximate surface area is 103 Å². The number of rotatable bonds is 4. The van der Waals surface area contributed by atoms with Crippen LogP contribution in [0, 0.1) is 0 Å². The predicted octanol–water partition coefficient (Wildman–Crippen LogP) is -0.730. The Bertz CT molecular complexity index is 458. The lowest BCUT2D eigenvalue weighted by Crippen LogP contribution is -2.39. The number of hydrogen-bond donors (Lipinski definition) is 2. The summed E-state index contributed by atoms with van der Waals surface area (Å²) in [5, 5.41) is 18.6. The number of carbonyl (C=O) groups is 2. The van der Waals surface area contributed by atoms with E-state index in [1.54, 1.807) is 0 Å². The zero-order chi connectivity index (χ0) is 13.1. The zero-order valence-corrected chi connectivity index (χ0v) is 9.87. The molecule has 0 aliphatic carbocycles. The summed E-state index contributed by atoms with van der Waals surface area (Å²) in [4.78, 5) is 22.3. The molecule has 2 N–H and O–H groups in total. The molecule has 1 amide bonds. The number of amides is 1. The van der Waals surface area contributed by atoms with Crippen LogP contribution in [-0.4, -0.2) is 50.7 Å². The van der Waals surface area contributed by atoms with Crippen LogP contribution in [0.15, 0.2) is 6.20 Å². The van der Waals surface area contributed by atoms with E-state index in [2.05, 4.69) is 15.6 Å². The number of hydrogen-bond acceptors (Lipinski definition) is 5. The van der Waals surface area contributed by atoms with Crippen LogP contribution in [0.4, 0.5) is 0 Å². The minimum absolute atomic E-state index is 0.0250. The van der Waals surface area contributed by atoms with Crippen molar-refractivity contribution in [3.05, 3.63) is 11.9 Å². The SMILES string of the molecule is CC1OCCC1NC(=O)c1cn(CC(=O)O)nn1. The minimum atomic E-state index is -1.04. The first kappa shape index (κ1) is 12.5. The average molecular weight is 254 g/mol. The Hall–Kier alpha value is -1.96. The molecule has 8 heteroatoms. The molecule has 1 fully saturated rings. The number of aromatic nitrogens is 3. The van der Waals surface area contributed by atoms with Gasteiger partial charge in [0, 0.05) is 6.61 Å². The summed E-state index contributed by atoms with van der Waals surface area (Å²) < 4.78 is 6.43. The van der Waals surface area contributed by atoms with E-state index in [4.69, 9.17) is 9.84 Å². The van der Waals surface area contributed by atoms with E-state index in [0.29, 0.717) is 6.61 Å². The topological polar surface area (TPSA) is 106 Å². The fourth-order valence-corrected chi connectivity index (χ4v) is 1.78. The zero-order valence-electron chi connectivity index (χ0n) is 9.87. The molecule has 2 unspecified atom stereocenters. The fourth-order valence-electron chi connectivity index (χ4n) is 1.78. The van der Waals surface area contributed by atoms with Crippen LogP contribution in [0.3, 0.4) is 0 Å². The van der Waals surface area contributed by atoms with Gasteiger partial charge in [-0.3, -0.25) is 9.59 Å². The first-order valence-electron chi connectivity index (χ1n) is 5.60. The Morgan fingerprint density at radius 3 is 3.06 bits per heavy atom. The van der Waals surface area contributed by atoms with Crippen LogP contribution in [0.25, 0.3) is 0 Å². The predicted molar refractivity (Wildman–Crippen MR) is 58.9 cm³/mol. The van der Waals surface area contributed by atoms with Crippen molar-refractivity contribution in [2.24, 2.45) is 0 Å². The Morgan fingerprint density at radius 2 is 2.44 bits per heavy atom. The van der Waals surface area contributed by atoms with E-state index >= 15 is 0 Å². The molecule has 1 aromatic rings. The van der Waals surface area contributed by atoms with E-state index < -0.39 is 5.97 Å². The van der Waals surface area contributed by atoms with Gasteiger partial charge in [-0.25, -0.2) is 4.68 Å². The third-order valence-corrected chi connectivity index (χ3v) is 2.76. The third-order valence-electron chi connectivity index (χ3n) is 2.76. The van der Waals surface area contributed by atoms with Crippen molar-refractivity contribution in [1.29, 1.82) is 0 Å². The molecule has 2 rings (SSSR count). The molecule has 2 heterocycles. The molecular weight excluding hydrogens is 240 g/mol. The van der Waals surface area contributed by atoms with Crippen molar-refractivity contribution in [1.82, 2.24) is 20.3 Å². The lowest BCUT2D eigenvalue weighted by Gasteiger charge is -2.14. The van der Waals surface area contributed by atoms with Crippen molar-refractivity contribution < 1.29 is 19.4 Å². The van der Waals surface area contributed by atoms with Crippen LogP contribution in [0.1, 0.15) is 23.8 Å². The highest BCUT2D eigenvalue weighted by atomic mass is 16.5. The van der Waals surface area contributed by atoms with Crippen molar-refractivity contribution in [2.75, 3.05) is 6.61 Å². The minimum Gasteiger partial charge on any atom is -0.480 e. The second-order valence-electron chi connectivity index (χ2n) is 4.14. The maximum atomic E-state index is 11.8. The lowest BCUT2D eigenvalue weighted by atomic mass is 10.1. The average Bonchev–Trinajstić information content (AvgIpc) is 2.88. The van der Waals surface area contributed by atoms with Gasteiger partial charge < -0.3 is 15.2 Å². The molecule has 0 saturated carbocycles. The molecule has 1 aliphatic heterocycles. The summed E-state index contributed by atoms with van der Waals surface area (Å²) in [6, 6.07) is -0.0397. The highest BCUT2D eigenvalue weighted by Crippen LogP contribution is 2.12. The maximum absolute atomic E-state index is 11.8. The van der Waals surface area contributed by atoms with Gasteiger partial charge in [0.2, 0.25) is 0 Å². The number of aliphatic carboxylic acids is 1. The van der Waals surface area contributed by atoms with Gasteiger partial charge in [-0.05, 0) is 13.3 Å². The normalized spacial score (nSPS) is 22.9. The molecule has 0 spiro atoms. The number of nitrogens with zero attached hydrogens (tertiary/aromatic N) is 3. The van der Waals surface area contributed by atoms with Crippen molar-refractivity contribution in [2.45, 2.75) is 32.0 Å². The Morgan fingerprint density at radius 1 is 1.67 bits per heavy atom. The molecule has 8 nitrogen and oxygen atoms in total. The van der Waals surface area contributed by atoms with E-state index in [1.165, 1.54) is 6.20 Å². The number of carboxylic acids is 1. The van der Waals surface area contributed by atoms with Crippen LogP contribution >= 0.6 is 0 Å². The first-order valence-corrected chi connectivity index (χ1v) is 5.60. The summed E-state index contributed by atoms with van der Waals surface area (Å²) in [5.41, 5.74) is 0.107. The Kier molecular flexibility index (Phi) is 3.56. The molecule has 1 saturated heterocycles. The highest BCUT2D eigenvalue weighted by Gasteiger charge is 2.26. The van der Waals surface area contributed by atoms with Gasteiger partial charge in [0.1, 0.15) is 6.54 Å². The monoisotopic (exact) mass is 254 g/mol. The van der Waals surface area contributed by atoms with Gasteiger partial charge in [0.25, 0.3) is 5.91 Å². The number of nitrogens with one attached hydrogen (secondary N) is 1. The smallest absolute Gasteiger partial charge is 0.325 e. The number of carboxylic acid groups (broad SMARTS) is 1. The summed E-state index contributed by atoms with van der Waals surface area (Å²) in [7, 11) is 0. The van der Waals surface area contributed by atoms with Crippen LogP contribution in [0.2, 0.25) is 0 Å². The summed E-state index contributed by atoms with van der Waals surface area (Å²) in [6.07, 6.45) is 2.04. The lowest BCUT2D eigenvalue weighted by molar-refractivity contribution is -0.137. The third kappa shape index (κ3) is 2.83. The van der Waals surface area contributed by atoms with Crippen molar-refractivity contribution in [3.8, 4) is 0 Å². The summed E-state index contributed by atoms with van der Waals surface area (Å²) in [5.74, 6) is -1.40. The fraction of sp³-hybridized carbons (Fsp3) is 0.600. The Balaban J connectivity index is 1.96. The molecule has 0 aromatic carbocycles. The standard InChI is InChI=1S/C10H14N4O4/c1-6-7(2-3-18-6)11-10(17)8-4-14(13-12-8)5-9(15)16/h4,6-7H,2-3,5H2,1H3,(H,11,17)(H,15,16). The number of carbonyl (C=O) groups excluding carboxylic acids is 1. The van der Waals surface area contributed by atoms with Crippen LogP contribution in [0.5, 0.6) is 0 Å². The molecule has 0 radical (unpaired) electrons. The molecular formula is C10H14N4O4. The van der Waals surface area contributed by atoms with E-state index in [9.17, 15) is 9.59 Å². The van der Waals surface area contributed by atoms with Crippen LogP contribution < -0.4 is 5.32 Å². The maximum Gasteiger partial charge on any atom is 0.325 e. The molecule has 1 aliphatic rings. The largest absolute Gasteiger partial charge is 0.480 e. The molecule has 1 aromatic heterocycles. The quantitative estimate of drug-likeness (QED) is 0.733. The van der Waals surface area contributed by atoms with Gasteiger partial charge in [0.05, 0.1) is 18.3 Å². The van der Waals surface area contributed by atoms with Gasteiger partial charge in [0.15, 0.2) is 5.69 Å². The van der Waals surface area contributed by atoms with Gasteiger partial charge in [-0.1, -0.05) is 5.21 Å². The second kappa shape index (κ2) is 5.13. The molecule has 2 atom stereocenters. The van der Waals surface area contributed by atoms with Gasteiger partial charge in [-0.2, -0.15) is 0 Å². The summed E-state index contributed by atoms with van der Waals surface area (Å²) >= 11 is 0. The molecule has 18 heavy (non-hydrogen) atoms.